The number of nitrogens with zero attached hydrogens (tertiary/aromatic N) is 4. The van der Waals surface area contributed by atoms with Gasteiger partial charge >= 0.3 is 0 Å². The highest BCUT2D eigenvalue weighted by Crippen LogP contribution is 2.36. The molecule has 0 N–H and O–H groups in total. The topological polar surface area (TPSA) is 104 Å². The lowest BCUT2D eigenvalue weighted by atomic mass is 10.2. The van der Waals surface area contributed by atoms with E-state index >= 15 is 0 Å². The molecule has 0 fully saturated rings. The zero-order valence-corrected chi connectivity index (χ0v) is 20.5. The number of ether oxygens (including phenoxy) is 1. The summed E-state index contributed by atoms with van der Waals surface area (Å²) in [6.07, 6.45) is 1.00. The molecular weight excluding hydrogens is 487 g/mol. The van der Waals surface area contributed by atoms with Gasteiger partial charge in [-0.1, -0.05) is 42.5 Å². The lowest BCUT2D eigenvalue weighted by Gasteiger charge is -2.25. The van der Waals surface area contributed by atoms with Crippen LogP contribution in [0.1, 0.15) is 21.6 Å². The lowest BCUT2D eigenvalue weighted by molar-refractivity contribution is 0.0744. The fourth-order valence-corrected chi connectivity index (χ4v) is 5.12. The SMILES string of the molecule is CN1CCn2c(c(OCc3ccccc3)c3c(=O)n(Cc4ccc(F)cc4)nc(S(C)(=O)=O)c32)C1=O. The van der Waals surface area contributed by atoms with Crippen molar-refractivity contribution < 1.29 is 22.3 Å². The zero-order valence-electron chi connectivity index (χ0n) is 19.6. The second-order valence-corrected chi connectivity index (χ2v) is 10.7. The van der Waals surface area contributed by atoms with E-state index in [2.05, 4.69) is 5.10 Å². The monoisotopic (exact) mass is 510 g/mol. The zero-order chi connectivity index (χ0) is 25.6. The Bertz CT molecular complexity index is 1640. The van der Waals surface area contributed by atoms with Gasteiger partial charge in [0.15, 0.2) is 26.3 Å². The van der Waals surface area contributed by atoms with Gasteiger partial charge in [-0.3, -0.25) is 9.59 Å². The first-order valence-electron chi connectivity index (χ1n) is 11.2. The number of likely N-dealkylation sites (N-methyl/N-ethyl adjacent to an activating group) is 1. The average Bonchev–Trinajstić information content (AvgIpc) is 3.18. The summed E-state index contributed by atoms with van der Waals surface area (Å²) in [6.45, 7) is 0.575. The Morgan fingerprint density at radius 1 is 1.00 bits per heavy atom. The molecule has 0 spiro atoms. The van der Waals surface area contributed by atoms with Crippen LogP contribution in [0, 0.1) is 5.82 Å². The standard InChI is InChI=1S/C25H23FN4O5S/c1-28-12-13-29-20-19(22(21(29)25(28)32)35-15-17-6-4-3-5-7-17)24(31)30(27-23(20)36(2,33)34)14-16-8-10-18(26)11-9-16/h3-11H,12-15H2,1-2H3. The van der Waals surface area contributed by atoms with Gasteiger partial charge in [0, 0.05) is 26.4 Å². The number of fused-ring (bicyclic) bond motifs is 3. The van der Waals surface area contributed by atoms with Gasteiger partial charge in [-0.25, -0.2) is 17.5 Å². The van der Waals surface area contributed by atoms with Crippen molar-refractivity contribution in [1.29, 1.82) is 0 Å². The predicted octanol–water partition coefficient (Wildman–Crippen LogP) is 2.45. The van der Waals surface area contributed by atoms with Gasteiger partial charge in [-0.2, -0.15) is 5.10 Å². The van der Waals surface area contributed by atoms with Gasteiger partial charge in [0.2, 0.25) is 0 Å². The highest BCUT2D eigenvalue weighted by Gasteiger charge is 2.35. The Balaban J connectivity index is 1.78. The van der Waals surface area contributed by atoms with Crippen LogP contribution >= 0.6 is 0 Å². The van der Waals surface area contributed by atoms with E-state index in [1.165, 1.54) is 33.7 Å². The van der Waals surface area contributed by atoms with Crippen LogP contribution in [0.3, 0.4) is 0 Å². The second kappa shape index (κ2) is 8.90. The molecule has 5 rings (SSSR count). The maximum absolute atomic E-state index is 13.7. The first-order chi connectivity index (χ1) is 17.1. The van der Waals surface area contributed by atoms with Crippen molar-refractivity contribution in [2.75, 3.05) is 19.8 Å². The molecule has 1 amide bonds. The van der Waals surface area contributed by atoms with Crippen molar-refractivity contribution >= 4 is 26.6 Å². The molecule has 0 aliphatic carbocycles. The number of carbonyl (C=O) groups is 1. The predicted molar refractivity (Wildman–Crippen MR) is 130 cm³/mol. The Labute approximate surface area is 206 Å². The Morgan fingerprint density at radius 2 is 1.69 bits per heavy atom. The van der Waals surface area contributed by atoms with Crippen LogP contribution in [0.2, 0.25) is 0 Å². The Kier molecular flexibility index (Phi) is 5.87. The maximum atomic E-state index is 13.7. The summed E-state index contributed by atoms with van der Waals surface area (Å²) in [5, 5.41) is 3.84. The van der Waals surface area contributed by atoms with Crippen LogP contribution in [0.25, 0.3) is 10.9 Å². The summed E-state index contributed by atoms with van der Waals surface area (Å²) in [7, 11) is -2.29. The number of amides is 1. The van der Waals surface area contributed by atoms with Gasteiger partial charge in [-0.05, 0) is 23.3 Å². The van der Waals surface area contributed by atoms with Crippen LogP contribution in [-0.2, 0) is 29.5 Å². The lowest BCUT2D eigenvalue weighted by Crippen LogP contribution is -2.37. The molecule has 4 aromatic rings. The van der Waals surface area contributed by atoms with Gasteiger partial charge in [-0.15, -0.1) is 0 Å². The molecule has 0 saturated carbocycles. The molecule has 36 heavy (non-hydrogen) atoms. The number of benzene rings is 2. The third kappa shape index (κ3) is 4.15. The molecule has 186 valence electrons. The number of hydrogen-bond acceptors (Lipinski definition) is 6. The van der Waals surface area contributed by atoms with E-state index in [9.17, 15) is 22.4 Å². The molecule has 0 radical (unpaired) electrons. The van der Waals surface area contributed by atoms with Gasteiger partial charge in [0.05, 0.1) is 12.1 Å². The number of halogens is 1. The number of rotatable bonds is 6. The van der Waals surface area contributed by atoms with Gasteiger partial charge in [0.25, 0.3) is 11.5 Å². The van der Waals surface area contributed by atoms with E-state index in [-0.39, 0.29) is 53.0 Å². The molecule has 2 aromatic carbocycles. The Morgan fingerprint density at radius 3 is 2.36 bits per heavy atom. The van der Waals surface area contributed by atoms with Crippen LogP contribution in [0.5, 0.6) is 5.75 Å². The smallest absolute Gasteiger partial charge is 0.280 e. The summed E-state index contributed by atoms with van der Waals surface area (Å²) < 4.78 is 47.7. The third-order valence-electron chi connectivity index (χ3n) is 6.11. The number of sulfone groups is 1. The van der Waals surface area contributed by atoms with E-state index in [0.29, 0.717) is 12.1 Å². The van der Waals surface area contributed by atoms with Crippen LogP contribution < -0.4 is 10.3 Å². The minimum absolute atomic E-state index is 0.0237. The molecule has 3 heterocycles. The highest BCUT2D eigenvalue weighted by atomic mass is 32.2. The van der Waals surface area contributed by atoms with E-state index < -0.39 is 21.2 Å². The Hall–Kier alpha value is -3.99. The highest BCUT2D eigenvalue weighted by molar-refractivity contribution is 7.90. The quantitative estimate of drug-likeness (QED) is 0.395. The van der Waals surface area contributed by atoms with E-state index in [1.54, 1.807) is 7.05 Å². The van der Waals surface area contributed by atoms with Crippen molar-refractivity contribution in [2.45, 2.75) is 24.7 Å². The molecule has 0 unspecified atom stereocenters. The van der Waals surface area contributed by atoms with Crippen molar-refractivity contribution in [2.24, 2.45) is 0 Å². The van der Waals surface area contributed by atoms with Crippen molar-refractivity contribution in [3.63, 3.8) is 0 Å². The van der Waals surface area contributed by atoms with E-state index in [0.717, 1.165) is 16.5 Å². The summed E-state index contributed by atoms with van der Waals surface area (Å²) >= 11 is 0. The summed E-state index contributed by atoms with van der Waals surface area (Å²) in [6, 6.07) is 14.7. The number of carbonyl (C=O) groups excluding carboxylic acids is 1. The molecule has 11 heteroatoms. The van der Waals surface area contributed by atoms with Crippen molar-refractivity contribution in [3.8, 4) is 5.75 Å². The summed E-state index contributed by atoms with van der Waals surface area (Å²) in [5.41, 5.74) is 0.917. The van der Waals surface area contributed by atoms with E-state index in [4.69, 9.17) is 4.74 Å². The summed E-state index contributed by atoms with van der Waals surface area (Å²) in [5.74, 6) is -0.800. The molecule has 1 aliphatic rings. The molecule has 9 nitrogen and oxygen atoms in total. The number of aromatic nitrogens is 3. The minimum atomic E-state index is -3.92. The van der Waals surface area contributed by atoms with Crippen molar-refractivity contribution in [1.82, 2.24) is 19.2 Å². The molecule has 1 aliphatic heterocycles. The maximum Gasteiger partial charge on any atom is 0.280 e. The number of hydrogen-bond donors (Lipinski definition) is 0. The second-order valence-electron chi connectivity index (χ2n) is 8.72. The first-order valence-corrected chi connectivity index (χ1v) is 13.1. The molecule has 0 atom stereocenters. The fraction of sp³-hybridized carbons (Fsp3) is 0.240. The largest absolute Gasteiger partial charge is 0.486 e. The molecule has 0 bridgehead atoms. The fourth-order valence-electron chi connectivity index (χ4n) is 4.31. The molecular formula is C25H23FN4O5S. The van der Waals surface area contributed by atoms with Gasteiger partial charge < -0.3 is 14.2 Å². The third-order valence-corrected chi connectivity index (χ3v) is 7.09. The minimum Gasteiger partial charge on any atom is -0.486 e. The molecule has 2 aromatic heterocycles. The van der Waals surface area contributed by atoms with Crippen LogP contribution in [0.4, 0.5) is 4.39 Å². The van der Waals surface area contributed by atoms with Gasteiger partial charge in [0.1, 0.15) is 17.8 Å². The van der Waals surface area contributed by atoms with E-state index in [1.807, 2.05) is 30.3 Å². The van der Waals surface area contributed by atoms with Crippen molar-refractivity contribution in [3.05, 3.63) is 87.6 Å². The average molecular weight is 511 g/mol. The van der Waals surface area contributed by atoms with Crippen LogP contribution in [0.15, 0.2) is 64.4 Å². The summed E-state index contributed by atoms with van der Waals surface area (Å²) in [4.78, 5) is 28.4. The van der Waals surface area contributed by atoms with Crippen LogP contribution in [-0.4, -0.2) is 53.4 Å². The first kappa shape index (κ1) is 23.7. The normalized spacial score (nSPS) is 13.8. The molecule has 0 saturated heterocycles.